The Morgan fingerprint density at radius 1 is 1.32 bits per heavy atom. The smallest absolute Gasteiger partial charge is 0.0546 e. The summed E-state index contributed by atoms with van der Waals surface area (Å²) in [5.74, 6) is 0.657. The average Bonchev–Trinajstić information content (AvgIpc) is 2.62. The lowest BCUT2D eigenvalue weighted by atomic mass is 9.82. The van der Waals surface area contributed by atoms with Gasteiger partial charge in [-0.2, -0.15) is 0 Å². The van der Waals surface area contributed by atoms with E-state index in [0.29, 0.717) is 5.92 Å². The molecule has 0 aliphatic heterocycles. The first-order chi connectivity index (χ1) is 9.16. The highest BCUT2D eigenvalue weighted by Crippen LogP contribution is 2.27. The molecular weight excluding hydrogens is 236 g/mol. The fraction of sp³-hybridized carbons (Fsp3) is 0.500. The predicted molar refractivity (Wildman–Crippen MR) is 78.1 cm³/mol. The summed E-state index contributed by atoms with van der Waals surface area (Å²) in [6.45, 7) is 4.12. The van der Waals surface area contributed by atoms with E-state index in [9.17, 15) is 5.11 Å². The molecule has 102 valence electrons. The minimum absolute atomic E-state index is 0.0499. The van der Waals surface area contributed by atoms with Crippen LogP contribution in [0.5, 0.6) is 0 Å². The molecule has 3 nitrogen and oxygen atoms in total. The molecule has 1 fully saturated rings. The van der Waals surface area contributed by atoms with Crippen molar-refractivity contribution in [3.05, 3.63) is 35.5 Å². The van der Waals surface area contributed by atoms with Gasteiger partial charge in [0.15, 0.2) is 0 Å². The van der Waals surface area contributed by atoms with E-state index < -0.39 is 0 Å². The summed E-state index contributed by atoms with van der Waals surface area (Å²) in [7, 11) is 2.14. The molecular formula is C16H22N2O. The van der Waals surface area contributed by atoms with Gasteiger partial charge in [0, 0.05) is 30.2 Å². The number of nitrogens with one attached hydrogen (secondary N) is 1. The quantitative estimate of drug-likeness (QED) is 0.883. The summed E-state index contributed by atoms with van der Waals surface area (Å²) in [4.78, 5) is 0. The van der Waals surface area contributed by atoms with Gasteiger partial charge < -0.3 is 15.0 Å². The van der Waals surface area contributed by atoms with Crippen molar-refractivity contribution in [1.82, 2.24) is 9.88 Å². The van der Waals surface area contributed by atoms with Gasteiger partial charge >= 0.3 is 0 Å². The van der Waals surface area contributed by atoms with Gasteiger partial charge in [0.25, 0.3) is 0 Å². The SMILES string of the molecule is Cc1c(CNCC2CC(O)C2)n(C)c2ccccc12. The van der Waals surface area contributed by atoms with Crippen LogP contribution in [-0.4, -0.2) is 22.3 Å². The standard InChI is InChI=1S/C16H22N2O/c1-11-14-5-3-4-6-15(14)18(2)16(11)10-17-9-12-7-13(19)8-12/h3-6,12-13,17,19H,7-10H2,1-2H3. The van der Waals surface area contributed by atoms with E-state index in [0.717, 1.165) is 25.9 Å². The zero-order valence-electron chi connectivity index (χ0n) is 11.7. The topological polar surface area (TPSA) is 37.2 Å². The molecule has 1 aromatic heterocycles. The van der Waals surface area contributed by atoms with Gasteiger partial charge in [-0.05, 0) is 43.9 Å². The van der Waals surface area contributed by atoms with Crippen molar-refractivity contribution in [3.8, 4) is 0 Å². The number of aliphatic hydroxyl groups excluding tert-OH is 1. The van der Waals surface area contributed by atoms with E-state index in [4.69, 9.17) is 0 Å². The number of hydrogen-bond acceptors (Lipinski definition) is 2. The third-order valence-corrected chi connectivity index (χ3v) is 4.44. The maximum absolute atomic E-state index is 9.29. The minimum atomic E-state index is -0.0499. The molecule has 0 amide bonds. The molecule has 0 saturated heterocycles. The minimum Gasteiger partial charge on any atom is -0.393 e. The van der Waals surface area contributed by atoms with Crippen molar-refractivity contribution in [2.45, 2.75) is 32.4 Å². The normalized spacial score (nSPS) is 22.7. The maximum atomic E-state index is 9.29. The molecule has 1 aromatic carbocycles. The van der Waals surface area contributed by atoms with Crippen LogP contribution in [0.3, 0.4) is 0 Å². The number of aliphatic hydroxyl groups is 1. The van der Waals surface area contributed by atoms with Crippen molar-refractivity contribution in [2.75, 3.05) is 6.54 Å². The summed E-state index contributed by atoms with van der Waals surface area (Å²) < 4.78 is 2.29. The molecule has 1 aliphatic rings. The second-order valence-corrected chi connectivity index (χ2v) is 5.77. The van der Waals surface area contributed by atoms with Crippen molar-refractivity contribution < 1.29 is 5.11 Å². The highest BCUT2D eigenvalue weighted by Gasteiger charge is 2.26. The molecule has 2 N–H and O–H groups in total. The van der Waals surface area contributed by atoms with E-state index in [1.54, 1.807) is 0 Å². The van der Waals surface area contributed by atoms with E-state index in [2.05, 4.69) is 48.1 Å². The van der Waals surface area contributed by atoms with Crippen LogP contribution in [0.25, 0.3) is 10.9 Å². The van der Waals surface area contributed by atoms with Gasteiger partial charge in [0.1, 0.15) is 0 Å². The summed E-state index contributed by atoms with van der Waals surface area (Å²) in [5.41, 5.74) is 4.04. The van der Waals surface area contributed by atoms with Crippen LogP contribution in [0.15, 0.2) is 24.3 Å². The first kappa shape index (κ1) is 12.7. The van der Waals surface area contributed by atoms with Crippen LogP contribution >= 0.6 is 0 Å². The Bertz CT molecular complexity index is 543. The Morgan fingerprint density at radius 3 is 2.74 bits per heavy atom. The van der Waals surface area contributed by atoms with Gasteiger partial charge in [0.2, 0.25) is 0 Å². The molecule has 2 aromatic rings. The molecule has 0 spiro atoms. The number of rotatable bonds is 4. The predicted octanol–water partition coefficient (Wildman–Crippen LogP) is 2.35. The van der Waals surface area contributed by atoms with Crippen LogP contribution in [0.2, 0.25) is 0 Å². The van der Waals surface area contributed by atoms with Gasteiger partial charge in [0.05, 0.1) is 6.10 Å². The van der Waals surface area contributed by atoms with Crippen molar-refractivity contribution in [2.24, 2.45) is 13.0 Å². The van der Waals surface area contributed by atoms with Crippen LogP contribution in [0.1, 0.15) is 24.1 Å². The van der Waals surface area contributed by atoms with E-state index in [1.165, 1.54) is 22.2 Å². The van der Waals surface area contributed by atoms with Gasteiger partial charge in [-0.15, -0.1) is 0 Å². The van der Waals surface area contributed by atoms with Crippen molar-refractivity contribution in [1.29, 1.82) is 0 Å². The van der Waals surface area contributed by atoms with E-state index in [1.807, 2.05) is 0 Å². The number of aryl methyl sites for hydroxylation is 2. The van der Waals surface area contributed by atoms with Crippen LogP contribution < -0.4 is 5.32 Å². The Kier molecular flexibility index (Phi) is 3.33. The number of fused-ring (bicyclic) bond motifs is 1. The number of aromatic nitrogens is 1. The highest BCUT2D eigenvalue weighted by atomic mass is 16.3. The van der Waals surface area contributed by atoms with Crippen LogP contribution in [-0.2, 0) is 13.6 Å². The zero-order chi connectivity index (χ0) is 13.4. The molecule has 1 heterocycles. The number of benzene rings is 1. The Hall–Kier alpha value is -1.32. The molecule has 1 aliphatic carbocycles. The Morgan fingerprint density at radius 2 is 2.05 bits per heavy atom. The number of hydrogen-bond donors (Lipinski definition) is 2. The molecule has 3 rings (SSSR count). The lowest BCUT2D eigenvalue weighted by Crippen LogP contribution is -2.36. The van der Waals surface area contributed by atoms with Crippen molar-refractivity contribution >= 4 is 10.9 Å². The monoisotopic (exact) mass is 258 g/mol. The summed E-state index contributed by atoms with van der Waals surface area (Å²) in [5, 5.41) is 14.2. The van der Waals surface area contributed by atoms with E-state index >= 15 is 0 Å². The largest absolute Gasteiger partial charge is 0.393 e. The summed E-state index contributed by atoms with van der Waals surface area (Å²) >= 11 is 0. The highest BCUT2D eigenvalue weighted by molar-refractivity contribution is 5.85. The number of para-hydroxylation sites is 1. The lowest BCUT2D eigenvalue weighted by molar-refractivity contribution is 0.0429. The molecule has 0 radical (unpaired) electrons. The van der Waals surface area contributed by atoms with Crippen LogP contribution in [0.4, 0.5) is 0 Å². The fourth-order valence-electron chi connectivity index (χ4n) is 3.15. The molecule has 1 saturated carbocycles. The fourth-order valence-corrected chi connectivity index (χ4v) is 3.15. The first-order valence-electron chi connectivity index (χ1n) is 7.08. The zero-order valence-corrected chi connectivity index (χ0v) is 11.7. The van der Waals surface area contributed by atoms with E-state index in [-0.39, 0.29) is 6.10 Å². The third-order valence-electron chi connectivity index (χ3n) is 4.44. The Labute approximate surface area is 114 Å². The van der Waals surface area contributed by atoms with Crippen molar-refractivity contribution in [3.63, 3.8) is 0 Å². The average molecular weight is 258 g/mol. The summed E-state index contributed by atoms with van der Waals surface area (Å²) in [6, 6.07) is 8.56. The number of nitrogens with zero attached hydrogens (tertiary/aromatic N) is 1. The molecule has 3 heteroatoms. The molecule has 0 unspecified atom stereocenters. The second-order valence-electron chi connectivity index (χ2n) is 5.77. The van der Waals surface area contributed by atoms with Gasteiger partial charge in [-0.3, -0.25) is 0 Å². The lowest BCUT2D eigenvalue weighted by Gasteiger charge is -2.31. The third kappa shape index (κ3) is 2.28. The molecule has 19 heavy (non-hydrogen) atoms. The van der Waals surface area contributed by atoms with Crippen LogP contribution in [0, 0.1) is 12.8 Å². The summed E-state index contributed by atoms with van der Waals surface area (Å²) in [6.07, 6.45) is 1.87. The maximum Gasteiger partial charge on any atom is 0.0546 e. The second kappa shape index (κ2) is 4.99. The first-order valence-corrected chi connectivity index (χ1v) is 7.08. The molecule has 0 bridgehead atoms. The van der Waals surface area contributed by atoms with Gasteiger partial charge in [-0.1, -0.05) is 18.2 Å². The Balaban J connectivity index is 1.70. The van der Waals surface area contributed by atoms with Gasteiger partial charge in [-0.25, -0.2) is 0 Å². The molecule has 0 atom stereocenters.